The molecule has 2 aromatic rings. The van der Waals surface area contributed by atoms with E-state index in [-0.39, 0.29) is 6.03 Å². The first-order chi connectivity index (χ1) is 10.6. The van der Waals surface area contributed by atoms with Crippen LogP contribution in [0.1, 0.15) is 5.56 Å². The van der Waals surface area contributed by atoms with Crippen LogP contribution in [0.5, 0.6) is 0 Å². The highest BCUT2D eigenvalue weighted by atomic mass is 32.2. The molecule has 1 N–H and O–H groups in total. The molecule has 0 saturated heterocycles. The first-order valence-corrected chi connectivity index (χ1v) is 8.02. The van der Waals surface area contributed by atoms with Crippen molar-refractivity contribution < 1.29 is 9.00 Å². The summed E-state index contributed by atoms with van der Waals surface area (Å²) in [5.41, 5.74) is 2.67. The fourth-order valence-corrected chi connectivity index (χ4v) is 3.37. The molecule has 0 bridgehead atoms. The minimum Gasteiger partial charge on any atom is -0.323 e. The van der Waals surface area contributed by atoms with Gasteiger partial charge in [0.1, 0.15) is 0 Å². The molecule has 0 fully saturated rings. The number of carbonyl (C=O) groups is 1. The Bertz CT molecular complexity index is 733. The number of rotatable bonds is 3. The van der Waals surface area contributed by atoms with Crippen LogP contribution in [0.25, 0.3) is 0 Å². The van der Waals surface area contributed by atoms with E-state index >= 15 is 0 Å². The lowest BCUT2D eigenvalue weighted by atomic mass is 10.1. The number of hydrogen-bond donors (Lipinski definition) is 1. The van der Waals surface area contributed by atoms with Crippen LogP contribution >= 0.6 is 0 Å². The molecular formula is C16H17N3O2S. The number of nitrogens with zero attached hydrogens (tertiary/aromatic N) is 2. The van der Waals surface area contributed by atoms with E-state index in [4.69, 9.17) is 0 Å². The zero-order valence-corrected chi connectivity index (χ0v) is 13.3. The molecule has 22 heavy (non-hydrogen) atoms. The molecule has 1 aliphatic heterocycles. The second-order valence-corrected chi connectivity index (χ2v) is 6.70. The Balaban J connectivity index is 1.88. The summed E-state index contributed by atoms with van der Waals surface area (Å²) in [6, 6.07) is 14.9. The zero-order chi connectivity index (χ0) is 15.7. The highest BCUT2D eigenvalue weighted by molar-refractivity contribution is 7.86. The number of carbonyl (C=O) groups excluding carboxylic acids is 1. The minimum atomic E-state index is -1.26. The third kappa shape index (κ3) is 2.69. The van der Waals surface area contributed by atoms with Crippen molar-refractivity contribution >= 4 is 28.4 Å². The van der Waals surface area contributed by atoms with Crippen LogP contribution in [0, 0.1) is 0 Å². The maximum absolute atomic E-state index is 12.6. The van der Waals surface area contributed by atoms with E-state index in [0.717, 1.165) is 21.8 Å². The van der Waals surface area contributed by atoms with Gasteiger partial charge in [-0.25, -0.2) is 9.00 Å². The van der Waals surface area contributed by atoms with Crippen molar-refractivity contribution in [3.8, 4) is 0 Å². The van der Waals surface area contributed by atoms with Crippen LogP contribution < -0.4 is 9.62 Å². The maximum Gasteiger partial charge on any atom is 0.321 e. The Hall–Kier alpha value is -2.34. The van der Waals surface area contributed by atoms with Gasteiger partial charge in [-0.15, -0.1) is 0 Å². The molecule has 114 valence electrons. The molecule has 2 amide bonds. The van der Waals surface area contributed by atoms with Crippen molar-refractivity contribution in [2.24, 2.45) is 0 Å². The van der Waals surface area contributed by atoms with Gasteiger partial charge >= 0.3 is 6.03 Å². The third-order valence-corrected chi connectivity index (χ3v) is 5.03. The summed E-state index contributed by atoms with van der Waals surface area (Å²) in [6.07, 6.45) is 0. The van der Waals surface area contributed by atoms with E-state index in [0.29, 0.717) is 6.54 Å². The molecule has 1 aliphatic rings. The summed E-state index contributed by atoms with van der Waals surface area (Å²) < 4.78 is 14.3. The van der Waals surface area contributed by atoms with Gasteiger partial charge in [-0.05, 0) is 35.9 Å². The molecule has 6 heteroatoms. The third-order valence-electron chi connectivity index (χ3n) is 3.64. The molecule has 0 spiro atoms. The van der Waals surface area contributed by atoms with Crippen LogP contribution in [0.15, 0.2) is 53.4 Å². The van der Waals surface area contributed by atoms with Gasteiger partial charge in [0.15, 0.2) is 11.0 Å². The average Bonchev–Trinajstić information content (AvgIpc) is 2.55. The Morgan fingerprint density at radius 1 is 1.18 bits per heavy atom. The number of benzene rings is 2. The lowest BCUT2D eigenvalue weighted by Gasteiger charge is -2.27. The van der Waals surface area contributed by atoms with E-state index in [2.05, 4.69) is 5.32 Å². The van der Waals surface area contributed by atoms with Crippen LogP contribution in [0.4, 0.5) is 16.2 Å². The molecule has 0 saturated carbocycles. The standard InChI is InChI=1S/C16H17N3O2S/c1-18-11-12-10-13(8-9-15(12)17-16(18)20)19(2)22(21)14-6-4-3-5-7-14/h3-10H,11H2,1-2H3,(H,17,20). The summed E-state index contributed by atoms with van der Waals surface area (Å²) in [7, 11) is 2.29. The van der Waals surface area contributed by atoms with Crippen molar-refractivity contribution in [2.45, 2.75) is 11.4 Å². The Morgan fingerprint density at radius 3 is 2.64 bits per heavy atom. The first kappa shape index (κ1) is 14.6. The van der Waals surface area contributed by atoms with E-state index in [1.165, 1.54) is 0 Å². The summed E-state index contributed by atoms with van der Waals surface area (Å²) in [5, 5.41) is 2.83. The minimum absolute atomic E-state index is 0.110. The van der Waals surface area contributed by atoms with Gasteiger partial charge in [0.25, 0.3) is 0 Å². The topological polar surface area (TPSA) is 52.6 Å². The number of nitrogens with one attached hydrogen (secondary N) is 1. The van der Waals surface area contributed by atoms with Gasteiger partial charge in [-0.1, -0.05) is 18.2 Å². The van der Waals surface area contributed by atoms with Crippen LogP contribution in [0.2, 0.25) is 0 Å². The van der Waals surface area contributed by atoms with E-state index < -0.39 is 11.0 Å². The molecule has 1 heterocycles. The van der Waals surface area contributed by atoms with Gasteiger partial charge < -0.3 is 10.2 Å². The summed E-state index contributed by atoms with van der Waals surface area (Å²) >= 11 is 0. The fourth-order valence-electron chi connectivity index (χ4n) is 2.36. The molecule has 0 aromatic heterocycles. The van der Waals surface area contributed by atoms with Crippen LogP contribution in [-0.2, 0) is 17.5 Å². The zero-order valence-electron chi connectivity index (χ0n) is 12.4. The lowest BCUT2D eigenvalue weighted by Crippen LogP contribution is -2.35. The quantitative estimate of drug-likeness (QED) is 0.947. The summed E-state index contributed by atoms with van der Waals surface area (Å²) in [4.78, 5) is 14.0. The predicted octanol–water partition coefficient (Wildman–Crippen LogP) is 2.82. The molecule has 0 radical (unpaired) electrons. The monoisotopic (exact) mass is 315 g/mol. The highest BCUT2D eigenvalue weighted by Crippen LogP contribution is 2.28. The molecule has 1 unspecified atom stereocenters. The Labute approximate surface area is 132 Å². The molecule has 2 aromatic carbocycles. The smallest absolute Gasteiger partial charge is 0.321 e. The Morgan fingerprint density at radius 2 is 1.91 bits per heavy atom. The second-order valence-electron chi connectivity index (χ2n) is 5.19. The first-order valence-electron chi connectivity index (χ1n) is 6.92. The average molecular weight is 315 g/mol. The number of hydrogen-bond acceptors (Lipinski definition) is 2. The van der Waals surface area contributed by atoms with E-state index in [9.17, 15) is 9.00 Å². The van der Waals surface area contributed by atoms with E-state index in [1.807, 2.05) is 48.5 Å². The van der Waals surface area contributed by atoms with Crippen molar-refractivity contribution in [1.29, 1.82) is 0 Å². The molecule has 5 nitrogen and oxygen atoms in total. The normalized spacial score (nSPS) is 15.0. The van der Waals surface area contributed by atoms with Gasteiger partial charge in [-0.3, -0.25) is 4.31 Å². The van der Waals surface area contributed by atoms with Gasteiger partial charge in [0.05, 0.1) is 4.90 Å². The Kier molecular flexibility index (Phi) is 3.85. The van der Waals surface area contributed by atoms with Crippen LogP contribution in [0.3, 0.4) is 0 Å². The van der Waals surface area contributed by atoms with E-state index in [1.54, 1.807) is 23.3 Å². The predicted molar refractivity (Wildman–Crippen MR) is 88.2 cm³/mol. The molecule has 0 aliphatic carbocycles. The summed E-state index contributed by atoms with van der Waals surface area (Å²) in [6.45, 7) is 0.542. The molecular weight excluding hydrogens is 298 g/mol. The lowest BCUT2D eigenvalue weighted by molar-refractivity contribution is 0.218. The van der Waals surface area contributed by atoms with Gasteiger partial charge in [0.2, 0.25) is 0 Å². The van der Waals surface area contributed by atoms with Gasteiger partial charge in [-0.2, -0.15) is 0 Å². The molecule has 3 rings (SSSR count). The second kappa shape index (κ2) is 5.81. The number of anilines is 2. The number of amides is 2. The molecule has 1 atom stereocenters. The fraction of sp³-hybridized carbons (Fsp3) is 0.188. The van der Waals surface area contributed by atoms with Crippen LogP contribution in [-0.4, -0.2) is 29.2 Å². The van der Waals surface area contributed by atoms with Gasteiger partial charge in [0, 0.05) is 32.0 Å². The summed E-state index contributed by atoms with van der Waals surface area (Å²) in [5.74, 6) is 0. The van der Waals surface area contributed by atoms with Crippen molar-refractivity contribution in [3.63, 3.8) is 0 Å². The SMILES string of the molecule is CN1Cc2cc(N(C)S(=O)c3ccccc3)ccc2NC1=O. The number of urea groups is 1. The van der Waals surface area contributed by atoms with Crippen molar-refractivity contribution in [1.82, 2.24) is 4.90 Å². The van der Waals surface area contributed by atoms with Crippen molar-refractivity contribution in [2.75, 3.05) is 23.7 Å². The maximum atomic E-state index is 12.6. The number of fused-ring (bicyclic) bond motifs is 1. The highest BCUT2D eigenvalue weighted by Gasteiger charge is 2.20. The van der Waals surface area contributed by atoms with Crippen molar-refractivity contribution in [3.05, 3.63) is 54.1 Å². The largest absolute Gasteiger partial charge is 0.323 e.